The molecule has 0 aromatic heterocycles. The Bertz CT molecular complexity index is 556. The van der Waals surface area contributed by atoms with Gasteiger partial charge in [0.05, 0.1) is 0 Å². The van der Waals surface area contributed by atoms with Crippen LogP contribution in [-0.2, 0) is 11.2 Å². The third kappa shape index (κ3) is 2.91. The molecule has 108 valence electrons. The molecule has 0 spiro atoms. The average Bonchev–Trinajstić information content (AvgIpc) is 2.24. The van der Waals surface area contributed by atoms with Crippen LogP contribution in [0.4, 0.5) is 25.1 Å². The molecule has 1 aromatic rings. The van der Waals surface area contributed by atoms with Crippen molar-refractivity contribution in [1.82, 2.24) is 0 Å². The monoisotopic (exact) mass is 303 g/mol. The molecule has 0 amide bonds. The fourth-order valence-corrected chi connectivity index (χ4v) is 2.59. The van der Waals surface area contributed by atoms with E-state index in [1.165, 1.54) is 0 Å². The van der Waals surface area contributed by atoms with Crippen molar-refractivity contribution in [2.75, 3.05) is 5.32 Å². The van der Waals surface area contributed by atoms with E-state index in [0.717, 1.165) is 6.07 Å². The second kappa shape index (κ2) is 3.33. The fourth-order valence-electron chi connectivity index (χ4n) is 1.90. The predicted molar refractivity (Wildman–Crippen MR) is 61.2 cm³/mol. The van der Waals surface area contributed by atoms with Crippen molar-refractivity contribution >= 4 is 21.9 Å². The lowest BCUT2D eigenvalue weighted by Gasteiger charge is -2.41. The maximum atomic E-state index is 12.6. The Hall–Kier alpha value is -1.51. The van der Waals surface area contributed by atoms with E-state index >= 15 is 0 Å². The van der Waals surface area contributed by atoms with Crippen molar-refractivity contribution in [2.24, 2.45) is 0 Å². The highest BCUT2D eigenvalue weighted by molar-refractivity contribution is 8.45. The van der Waals surface area contributed by atoms with Crippen LogP contribution in [0.15, 0.2) is 23.1 Å². The largest absolute Gasteiger partial charge is 0.480 e. The number of aliphatic carboxylic acids is 1. The van der Waals surface area contributed by atoms with Crippen LogP contribution in [-0.4, -0.2) is 17.1 Å². The summed E-state index contributed by atoms with van der Waals surface area (Å²) in [6.07, 6.45) is 0.0487. The van der Waals surface area contributed by atoms with Gasteiger partial charge in [0.25, 0.3) is 0 Å². The summed E-state index contributed by atoms with van der Waals surface area (Å²) in [6, 6.07) is 0.593. The van der Waals surface area contributed by atoms with E-state index in [1.54, 1.807) is 0 Å². The number of nitrogens with one attached hydrogen (secondary N) is 1. The summed E-state index contributed by atoms with van der Waals surface area (Å²) in [5.41, 5.74) is 0.188. The van der Waals surface area contributed by atoms with E-state index in [2.05, 4.69) is 5.32 Å². The van der Waals surface area contributed by atoms with Crippen molar-refractivity contribution < 1.29 is 29.3 Å². The minimum absolute atomic E-state index is 0.000972. The number of carboxylic acid groups (broad SMARTS) is 1. The summed E-state index contributed by atoms with van der Waals surface area (Å²) < 4.78 is 63.0. The second-order valence-electron chi connectivity index (χ2n) is 4.36. The number of anilines is 1. The molecule has 1 aliphatic rings. The van der Waals surface area contributed by atoms with Gasteiger partial charge in [-0.15, -0.1) is 0 Å². The van der Waals surface area contributed by atoms with Gasteiger partial charge in [0.1, 0.15) is 10.9 Å². The van der Waals surface area contributed by atoms with Gasteiger partial charge < -0.3 is 10.4 Å². The van der Waals surface area contributed by atoms with Gasteiger partial charge in [-0.2, -0.15) is 0 Å². The smallest absolute Gasteiger partial charge is 0.326 e. The molecule has 1 atom stereocenters. The molecule has 0 saturated carbocycles. The molecular weight excluding hydrogens is 293 g/mol. The molecular formula is C10H10F5NO2S. The third-order valence-electron chi connectivity index (χ3n) is 2.85. The van der Waals surface area contributed by atoms with Gasteiger partial charge in [-0.1, -0.05) is 19.4 Å². The van der Waals surface area contributed by atoms with E-state index < -0.39 is 27.1 Å². The maximum absolute atomic E-state index is 12.6. The number of hydrogen-bond donors (Lipinski definition) is 2. The maximum Gasteiger partial charge on any atom is 0.326 e. The fraction of sp³-hybridized carbons (Fsp3) is 0.300. The van der Waals surface area contributed by atoms with E-state index in [-0.39, 0.29) is 30.2 Å². The van der Waals surface area contributed by atoms with Crippen molar-refractivity contribution in [1.29, 1.82) is 0 Å². The number of carboxylic acids is 1. The van der Waals surface area contributed by atoms with Crippen molar-refractivity contribution in [2.45, 2.75) is 23.8 Å². The first-order valence-corrected chi connectivity index (χ1v) is 7.18. The number of rotatable bonds is 2. The van der Waals surface area contributed by atoms with Crippen LogP contribution in [0.5, 0.6) is 0 Å². The zero-order valence-electron chi connectivity index (χ0n) is 9.38. The minimum Gasteiger partial charge on any atom is -0.480 e. The van der Waals surface area contributed by atoms with Gasteiger partial charge in [-0.3, -0.25) is 0 Å². The van der Waals surface area contributed by atoms with E-state index in [4.69, 9.17) is 5.11 Å². The van der Waals surface area contributed by atoms with Gasteiger partial charge in [-0.25, -0.2) is 4.79 Å². The molecule has 0 saturated heterocycles. The predicted octanol–water partition coefficient (Wildman–Crippen LogP) is 4.16. The second-order valence-corrected chi connectivity index (χ2v) is 6.77. The number of hydrogen-bond acceptors (Lipinski definition) is 2. The number of benzene rings is 1. The zero-order chi connectivity index (χ0) is 14.5. The Morgan fingerprint density at radius 2 is 1.89 bits per heavy atom. The summed E-state index contributed by atoms with van der Waals surface area (Å²) in [4.78, 5) is 8.79. The SMILES string of the molecule is O=C(O)[C@H]1CCc2cc(S(F)(F)(F)(F)F)ccc2N1. The first-order valence-electron chi connectivity index (χ1n) is 5.23. The van der Waals surface area contributed by atoms with Crippen molar-refractivity contribution in [3.63, 3.8) is 0 Å². The quantitative estimate of drug-likeness (QED) is 0.807. The highest BCUT2D eigenvalue weighted by atomic mass is 32.5. The van der Waals surface area contributed by atoms with Gasteiger partial charge in [0, 0.05) is 5.69 Å². The normalized spacial score (nSPS) is 22.7. The molecule has 1 aliphatic heterocycles. The highest BCUT2D eigenvalue weighted by Crippen LogP contribution is 3.02. The summed E-state index contributed by atoms with van der Waals surface area (Å²) in [6.45, 7) is 0. The average molecular weight is 303 g/mol. The summed E-state index contributed by atoms with van der Waals surface area (Å²) >= 11 is 0. The highest BCUT2D eigenvalue weighted by Gasteiger charge is 2.65. The topological polar surface area (TPSA) is 49.3 Å². The molecule has 2 N–H and O–H groups in total. The Morgan fingerprint density at radius 3 is 2.42 bits per heavy atom. The number of aryl methyl sites for hydroxylation is 1. The van der Waals surface area contributed by atoms with Gasteiger partial charge >= 0.3 is 16.2 Å². The molecule has 3 nitrogen and oxygen atoms in total. The van der Waals surface area contributed by atoms with Crippen LogP contribution < -0.4 is 5.32 Å². The summed E-state index contributed by atoms with van der Waals surface area (Å²) in [5, 5.41) is 11.3. The molecule has 0 bridgehead atoms. The molecule has 0 unspecified atom stereocenters. The minimum atomic E-state index is -9.68. The van der Waals surface area contributed by atoms with Crippen LogP contribution in [0.2, 0.25) is 0 Å². The van der Waals surface area contributed by atoms with Gasteiger partial charge in [0.15, 0.2) is 0 Å². The van der Waals surface area contributed by atoms with Crippen molar-refractivity contribution in [3.05, 3.63) is 23.8 Å². The van der Waals surface area contributed by atoms with Crippen LogP contribution in [0, 0.1) is 0 Å². The Morgan fingerprint density at radius 1 is 1.26 bits per heavy atom. The first kappa shape index (κ1) is 13.9. The van der Waals surface area contributed by atoms with Gasteiger partial charge in [-0.05, 0) is 36.6 Å². The lowest BCUT2D eigenvalue weighted by Crippen LogP contribution is -2.33. The Kier molecular flexibility index (Phi) is 2.44. The third-order valence-corrected chi connectivity index (χ3v) is 4.00. The van der Waals surface area contributed by atoms with E-state index in [9.17, 15) is 24.2 Å². The lowest BCUT2D eigenvalue weighted by molar-refractivity contribution is -0.138. The van der Waals surface area contributed by atoms with E-state index in [0.29, 0.717) is 6.07 Å². The zero-order valence-corrected chi connectivity index (χ0v) is 10.2. The number of fused-ring (bicyclic) bond motifs is 1. The molecule has 0 aliphatic carbocycles. The Balaban J connectivity index is 2.42. The lowest BCUT2D eigenvalue weighted by atomic mass is 9.98. The Labute approximate surface area is 105 Å². The van der Waals surface area contributed by atoms with E-state index in [1.807, 2.05) is 0 Å². The molecule has 2 rings (SSSR count). The summed E-state index contributed by atoms with van der Waals surface area (Å²) in [5.74, 6) is -1.14. The number of halogens is 5. The first-order chi connectivity index (χ1) is 8.36. The molecule has 1 heterocycles. The number of carbonyl (C=O) groups is 1. The molecule has 0 fully saturated rings. The van der Waals surface area contributed by atoms with Crippen LogP contribution >= 0.6 is 10.2 Å². The molecule has 9 heteroatoms. The standard InChI is InChI=1S/C10H10F5NO2S/c11-19(12,13,14,15)7-2-4-8-6(5-7)1-3-9(16-8)10(17)18/h2,4-5,9,16H,1,3H2,(H,17,18)/t9-/m1/s1. The molecule has 0 radical (unpaired) electrons. The van der Waals surface area contributed by atoms with Crippen molar-refractivity contribution in [3.8, 4) is 0 Å². The van der Waals surface area contributed by atoms with Crippen LogP contribution in [0.3, 0.4) is 0 Å². The summed E-state index contributed by atoms with van der Waals surface area (Å²) in [7, 11) is -9.68. The van der Waals surface area contributed by atoms with Gasteiger partial charge in [0.2, 0.25) is 0 Å². The molecule has 1 aromatic carbocycles. The van der Waals surface area contributed by atoms with Crippen LogP contribution in [0.1, 0.15) is 12.0 Å². The molecule has 19 heavy (non-hydrogen) atoms. The van der Waals surface area contributed by atoms with Crippen LogP contribution in [0.25, 0.3) is 0 Å².